The number of nitrogens with zero attached hydrogens (tertiary/aromatic N) is 2. The molecule has 2 aliphatic rings. The van der Waals surface area contributed by atoms with E-state index in [1.165, 1.54) is 4.90 Å². The zero-order valence-electron chi connectivity index (χ0n) is 18.6. The first-order valence-electron chi connectivity index (χ1n) is 11.0. The number of para-hydroxylation sites is 1. The molecule has 3 aromatic carbocycles. The Hall–Kier alpha value is -3.85. The topological polar surface area (TPSA) is 85.4 Å². The van der Waals surface area contributed by atoms with Crippen molar-refractivity contribution < 1.29 is 28.6 Å². The van der Waals surface area contributed by atoms with Crippen LogP contribution in [0.5, 0.6) is 17.2 Å². The number of ether oxygens (including phenoxy) is 3. The Bertz CT molecular complexity index is 1260. The Morgan fingerprint density at radius 3 is 2.51 bits per heavy atom. The van der Waals surface area contributed by atoms with Gasteiger partial charge >= 0.3 is 0 Å². The van der Waals surface area contributed by atoms with Crippen LogP contribution in [0.1, 0.15) is 12.0 Å². The van der Waals surface area contributed by atoms with Crippen LogP contribution in [0.4, 0.5) is 5.69 Å². The molecule has 8 nitrogen and oxygen atoms in total. The van der Waals surface area contributed by atoms with E-state index < -0.39 is 17.9 Å². The molecule has 1 fully saturated rings. The lowest BCUT2D eigenvalue weighted by atomic mass is 10.1. The molecule has 0 radical (unpaired) electrons. The number of benzene rings is 3. The molecule has 178 valence electrons. The maximum Gasteiger partial charge on any atom is 0.261 e. The summed E-state index contributed by atoms with van der Waals surface area (Å²) in [5, 5.41) is 0. The van der Waals surface area contributed by atoms with Crippen molar-refractivity contribution in [3.8, 4) is 17.2 Å². The van der Waals surface area contributed by atoms with Gasteiger partial charge in [0.05, 0.1) is 12.1 Å². The number of fused-ring (bicyclic) bond motifs is 1. The smallest absolute Gasteiger partial charge is 0.261 e. The molecule has 0 aromatic heterocycles. The maximum atomic E-state index is 13.4. The van der Waals surface area contributed by atoms with Gasteiger partial charge in [0.1, 0.15) is 11.8 Å². The summed E-state index contributed by atoms with van der Waals surface area (Å²) >= 11 is 3.36. The predicted octanol–water partition coefficient (Wildman–Crippen LogP) is 3.92. The average molecular weight is 537 g/mol. The molecule has 1 unspecified atom stereocenters. The average Bonchev–Trinajstić information content (AvgIpc) is 3.45. The van der Waals surface area contributed by atoms with Crippen LogP contribution in [-0.4, -0.2) is 42.1 Å². The normalized spacial score (nSPS) is 16.5. The molecule has 2 aliphatic heterocycles. The number of hydrogen-bond acceptors (Lipinski definition) is 6. The van der Waals surface area contributed by atoms with Crippen LogP contribution in [0.3, 0.4) is 0 Å². The van der Waals surface area contributed by atoms with Crippen LogP contribution in [0.15, 0.2) is 77.3 Å². The summed E-state index contributed by atoms with van der Waals surface area (Å²) in [5.74, 6) is 0.499. The number of rotatable bonds is 7. The highest BCUT2D eigenvalue weighted by atomic mass is 79.9. The highest BCUT2D eigenvalue weighted by Gasteiger charge is 2.44. The fourth-order valence-corrected chi connectivity index (χ4v) is 4.34. The number of carbonyl (C=O) groups excluding carboxylic acids is 3. The lowest BCUT2D eigenvalue weighted by molar-refractivity contribution is -0.140. The number of imide groups is 1. The summed E-state index contributed by atoms with van der Waals surface area (Å²) in [4.78, 5) is 42.2. The SMILES string of the molecule is O=C1CC(N(Cc2ccc3c(c2)OCO3)C(=O)COc2ccccc2)C(=O)N1c1ccc(Br)cc1. The molecule has 0 saturated carbocycles. The predicted molar refractivity (Wildman–Crippen MR) is 130 cm³/mol. The van der Waals surface area contributed by atoms with Crippen molar-refractivity contribution in [2.45, 2.75) is 19.0 Å². The minimum absolute atomic E-state index is 0.103. The molecule has 0 spiro atoms. The van der Waals surface area contributed by atoms with Crippen molar-refractivity contribution in [3.63, 3.8) is 0 Å². The van der Waals surface area contributed by atoms with Gasteiger partial charge in [-0.25, -0.2) is 4.90 Å². The Kier molecular flexibility index (Phi) is 6.41. The number of hydrogen-bond donors (Lipinski definition) is 0. The van der Waals surface area contributed by atoms with E-state index in [2.05, 4.69) is 15.9 Å². The van der Waals surface area contributed by atoms with Crippen LogP contribution in [0.25, 0.3) is 0 Å². The van der Waals surface area contributed by atoms with Crippen molar-refractivity contribution in [1.82, 2.24) is 4.90 Å². The molecule has 0 bridgehead atoms. The first-order valence-corrected chi connectivity index (χ1v) is 11.8. The third-order valence-electron chi connectivity index (χ3n) is 5.80. The van der Waals surface area contributed by atoms with Gasteiger partial charge < -0.3 is 19.1 Å². The largest absolute Gasteiger partial charge is 0.484 e. The molecule has 1 saturated heterocycles. The van der Waals surface area contributed by atoms with E-state index in [0.717, 1.165) is 14.9 Å². The molecular weight excluding hydrogens is 516 g/mol. The van der Waals surface area contributed by atoms with Crippen molar-refractivity contribution in [2.75, 3.05) is 18.3 Å². The fourth-order valence-electron chi connectivity index (χ4n) is 4.07. The van der Waals surface area contributed by atoms with Crippen molar-refractivity contribution in [2.24, 2.45) is 0 Å². The first kappa shape index (κ1) is 22.9. The summed E-state index contributed by atoms with van der Waals surface area (Å²) in [6.07, 6.45) is -0.115. The Balaban J connectivity index is 1.40. The van der Waals surface area contributed by atoms with Gasteiger partial charge in [-0.3, -0.25) is 14.4 Å². The Morgan fingerprint density at radius 2 is 1.74 bits per heavy atom. The monoisotopic (exact) mass is 536 g/mol. The molecule has 5 rings (SSSR count). The molecule has 0 N–H and O–H groups in total. The van der Waals surface area contributed by atoms with Gasteiger partial charge in [0.2, 0.25) is 12.7 Å². The number of halogens is 1. The maximum absolute atomic E-state index is 13.4. The van der Waals surface area contributed by atoms with Crippen LogP contribution >= 0.6 is 15.9 Å². The second-order valence-corrected chi connectivity index (χ2v) is 8.99. The summed E-state index contributed by atoms with van der Waals surface area (Å²) < 4.78 is 17.3. The molecule has 3 amide bonds. The second-order valence-electron chi connectivity index (χ2n) is 8.07. The van der Waals surface area contributed by atoms with E-state index in [9.17, 15) is 14.4 Å². The second kappa shape index (κ2) is 9.79. The highest BCUT2D eigenvalue weighted by molar-refractivity contribution is 9.10. The van der Waals surface area contributed by atoms with Gasteiger partial charge in [-0.2, -0.15) is 0 Å². The fraction of sp³-hybridized carbons (Fsp3) is 0.192. The minimum Gasteiger partial charge on any atom is -0.484 e. The van der Waals surface area contributed by atoms with Gasteiger partial charge in [-0.15, -0.1) is 0 Å². The minimum atomic E-state index is -0.955. The molecular formula is C26H21BrN2O6. The van der Waals surface area contributed by atoms with Crippen molar-refractivity contribution >= 4 is 39.3 Å². The van der Waals surface area contributed by atoms with Gasteiger partial charge in [0.15, 0.2) is 18.1 Å². The van der Waals surface area contributed by atoms with E-state index in [-0.39, 0.29) is 32.3 Å². The molecule has 2 heterocycles. The quantitative estimate of drug-likeness (QED) is 0.425. The molecule has 9 heteroatoms. The number of anilines is 1. The standard InChI is InChI=1S/C26H21BrN2O6/c27-18-7-9-19(10-8-18)29-24(30)13-21(26(29)32)28(25(31)15-33-20-4-2-1-3-5-20)14-17-6-11-22-23(12-17)35-16-34-22/h1-12,21H,13-16H2. The zero-order valence-corrected chi connectivity index (χ0v) is 20.1. The summed E-state index contributed by atoms with van der Waals surface area (Å²) in [6.45, 7) is -0.0413. The van der Waals surface area contributed by atoms with Crippen molar-refractivity contribution in [1.29, 1.82) is 0 Å². The third kappa shape index (κ3) is 4.85. The van der Waals surface area contributed by atoms with Gasteiger partial charge in [0, 0.05) is 11.0 Å². The van der Waals surface area contributed by atoms with Crippen LogP contribution in [-0.2, 0) is 20.9 Å². The van der Waals surface area contributed by atoms with E-state index in [4.69, 9.17) is 14.2 Å². The third-order valence-corrected chi connectivity index (χ3v) is 6.33. The van der Waals surface area contributed by atoms with Gasteiger partial charge in [-0.05, 0) is 54.1 Å². The van der Waals surface area contributed by atoms with Gasteiger partial charge in [-0.1, -0.05) is 40.2 Å². The number of amides is 3. The summed E-state index contributed by atoms with van der Waals surface area (Å²) in [7, 11) is 0. The molecule has 3 aromatic rings. The van der Waals surface area contributed by atoms with E-state index in [1.807, 2.05) is 6.07 Å². The van der Waals surface area contributed by atoms with E-state index >= 15 is 0 Å². The lowest BCUT2D eigenvalue weighted by Crippen LogP contribution is -2.46. The lowest BCUT2D eigenvalue weighted by Gasteiger charge is -2.28. The van der Waals surface area contributed by atoms with E-state index in [1.54, 1.807) is 66.7 Å². The summed E-state index contributed by atoms with van der Waals surface area (Å²) in [6, 6.07) is 20.2. The number of carbonyl (C=O) groups is 3. The van der Waals surface area contributed by atoms with Crippen LogP contribution in [0, 0.1) is 0 Å². The van der Waals surface area contributed by atoms with Crippen molar-refractivity contribution in [3.05, 3.63) is 82.8 Å². The first-order chi connectivity index (χ1) is 17.0. The highest BCUT2D eigenvalue weighted by Crippen LogP contribution is 2.34. The van der Waals surface area contributed by atoms with E-state index in [0.29, 0.717) is 22.9 Å². The Labute approximate surface area is 210 Å². The van der Waals surface area contributed by atoms with Crippen LogP contribution in [0.2, 0.25) is 0 Å². The molecule has 0 aliphatic carbocycles. The van der Waals surface area contributed by atoms with Gasteiger partial charge in [0.25, 0.3) is 11.8 Å². The molecule has 35 heavy (non-hydrogen) atoms. The summed E-state index contributed by atoms with van der Waals surface area (Å²) in [5.41, 5.74) is 1.20. The Morgan fingerprint density at radius 1 is 1.00 bits per heavy atom. The van der Waals surface area contributed by atoms with Crippen LogP contribution < -0.4 is 19.1 Å². The molecule has 1 atom stereocenters. The zero-order chi connectivity index (χ0) is 24.4.